The van der Waals surface area contributed by atoms with Gasteiger partial charge < -0.3 is 5.32 Å². The number of nitrogens with one attached hydrogen (secondary N) is 1. The number of primary sulfonamides is 1. The molecule has 0 spiro atoms. The molecule has 2 rings (SSSR count). The first-order valence-electron chi connectivity index (χ1n) is 6.12. The lowest BCUT2D eigenvalue weighted by atomic mass is 10.1. The Bertz CT molecular complexity index is 763. The highest BCUT2D eigenvalue weighted by molar-refractivity contribution is 7.89. The Balaban J connectivity index is 2.23. The molecule has 0 bridgehead atoms. The van der Waals surface area contributed by atoms with Crippen molar-refractivity contribution >= 4 is 38.9 Å². The molecule has 0 aliphatic carbocycles. The van der Waals surface area contributed by atoms with E-state index in [9.17, 15) is 8.42 Å². The summed E-state index contributed by atoms with van der Waals surface area (Å²) in [4.78, 5) is 0.0637. The van der Waals surface area contributed by atoms with Gasteiger partial charge in [0, 0.05) is 11.7 Å². The molecule has 0 fully saturated rings. The van der Waals surface area contributed by atoms with Crippen LogP contribution in [0.1, 0.15) is 18.5 Å². The van der Waals surface area contributed by atoms with E-state index < -0.39 is 10.0 Å². The summed E-state index contributed by atoms with van der Waals surface area (Å²) in [6.45, 7) is 1.93. The molecule has 0 heterocycles. The van der Waals surface area contributed by atoms with Crippen LogP contribution < -0.4 is 10.5 Å². The van der Waals surface area contributed by atoms with Gasteiger partial charge >= 0.3 is 0 Å². The second-order valence-electron chi connectivity index (χ2n) is 4.61. The van der Waals surface area contributed by atoms with E-state index in [2.05, 4.69) is 5.32 Å². The van der Waals surface area contributed by atoms with Crippen LogP contribution in [0.3, 0.4) is 0 Å². The van der Waals surface area contributed by atoms with Crippen molar-refractivity contribution < 1.29 is 8.42 Å². The Morgan fingerprint density at radius 1 is 1.10 bits per heavy atom. The molecule has 1 atom stereocenters. The van der Waals surface area contributed by atoms with Crippen LogP contribution in [0.2, 0.25) is 10.0 Å². The Morgan fingerprint density at radius 2 is 1.81 bits per heavy atom. The van der Waals surface area contributed by atoms with Gasteiger partial charge in [-0.2, -0.15) is 0 Å². The van der Waals surface area contributed by atoms with Gasteiger partial charge in [-0.15, -0.1) is 0 Å². The molecule has 0 aliphatic rings. The summed E-state index contributed by atoms with van der Waals surface area (Å²) >= 11 is 11.9. The number of hydrogen-bond acceptors (Lipinski definition) is 3. The van der Waals surface area contributed by atoms with Crippen molar-refractivity contribution in [3.05, 3.63) is 58.1 Å². The van der Waals surface area contributed by atoms with E-state index in [1.165, 1.54) is 12.1 Å². The quantitative estimate of drug-likeness (QED) is 0.885. The zero-order valence-corrected chi connectivity index (χ0v) is 13.5. The van der Waals surface area contributed by atoms with Gasteiger partial charge in [0.25, 0.3) is 0 Å². The van der Waals surface area contributed by atoms with E-state index in [-0.39, 0.29) is 10.9 Å². The van der Waals surface area contributed by atoms with Crippen LogP contribution in [0.4, 0.5) is 5.69 Å². The van der Waals surface area contributed by atoms with Gasteiger partial charge in [0.15, 0.2) is 0 Å². The van der Waals surface area contributed by atoms with Crippen molar-refractivity contribution in [2.45, 2.75) is 17.9 Å². The third-order valence-corrected chi connectivity index (χ3v) is 4.64. The maximum Gasteiger partial charge on any atom is 0.238 e. The third kappa shape index (κ3) is 4.11. The van der Waals surface area contributed by atoms with E-state index in [4.69, 9.17) is 28.3 Å². The minimum Gasteiger partial charge on any atom is -0.378 e. The summed E-state index contributed by atoms with van der Waals surface area (Å²) in [5, 5.41) is 9.27. The minimum absolute atomic E-state index is 0.0637. The predicted octanol–water partition coefficient (Wildman–Crippen LogP) is 3.81. The number of hydrogen-bond donors (Lipinski definition) is 2. The maximum absolute atomic E-state index is 11.3. The van der Waals surface area contributed by atoms with Crippen LogP contribution in [0.15, 0.2) is 47.4 Å². The molecule has 0 aromatic heterocycles. The minimum atomic E-state index is -3.72. The molecule has 1 unspecified atom stereocenters. The highest BCUT2D eigenvalue weighted by Crippen LogP contribution is 2.27. The monoisotopic (exact) mass is 344 g/mol. The number of halogens is 2. The van der Waals surface area contributed by atoms with Crippen molar-refractivity contribution in [2.75, 3.05) is 5.32 Å². The van der Waals surface area contributed by atoms with E-state index >= 15 is 0 Å². The lowest BCUT2D eigenvalue weighted by molar-refractivity contribution is 0.598. The van der Waals surface area contributed by atoms with Gasteiger partial charge in [-0.1, -0.05) is 35.3 Å². The summed E-state index contributed by atoms with van der Waals surface area (Å²) in [6.07, 6.45) is 0. The maximum atomic E-state index is 11.3. The highest BCUT2D eigenvalue weighted by atomic mass is 35.5. The predicted molar refractivity (Wildman–Crippen MR) is 86.3 cm³/mol. The van der Waals surface area contributed by atoms with Crippen molar-refractivity contribution in [3.63, 3.8) is 0 Å². The van der Waals surface area contributed by atoms with Crippen LogP contribution in [0.25, 0.3) is 0 Å². The van der Waals surface area contributed by atoms with Gasteiger partial charge in [0.2, 0.25) is 10.0 Å². The van der Waals surface area contributed by atoms with Crippen LogP contribution in [-0.4, -0.2) is 8.42 Å². The first kappa shape index (κ1) is 16.1. The van der Waals surface area contributed by atoms with Crippen LogP contribution in [0, 0.1) is 0 Å². The first-order chi connectivity index (χ1) is 9.77. The summed E-state index contributed by atoms with van der Waals surface area (Å²) in [6, 6.07) is 11.6. The molecule has 3 N–H and O–H groups in total. The summed E-state index contributed by atoms with van der Waals surface area (Å²) in [5.74, 6) is 0. The number of anilines is 1. The highest BCUT2D eigenvalue weighted by Gasteiger charge is 2.11. The SMILES string of the molecule is CC(Nc1cccc(S(N)(=O)=O)c1)c1ccc(Cl)c(Cl)c1. The normalized spacial score (nSPS) is 13.0. The van der Waals surface area contributed by atoms with Gasteiger partial charge in [-0.05, 0) is 42.8 Å². The Morgan fingerprint density at radius 3 is 2.43 bits per heavy atom. The molecule has 2 aromatic rings. The van der Waals surface area contributed by atoms with E-state index in [0.29, 0.717) is 15.7 Å². The van der Waals surface area contributed by atoms with Crippen molar-refractivity contribution in [1.29, 1.82) is 0 Å². The van der Waals surface area contributed by atoms with Crippen molar-refractivity contribution in [3.8, 4) is 0 Å². The number of benzene rings is 2. The first-order valence-corrected chi connectivity index (χ1v) is 8.42. The molecule has 0 aliphatic heterocycles. The zero-order valence-electron chi connectivity index (χ0n) is 11.2. The third-order valence-electron chi connectivity index (χ3n) is 2.99. The standard InChI is InChI=1S/C14H14Cl2N2O2S/c1-9(10-5-6-13(15)14(16)7-10)18-11-3-2-4-12(8-11)21(17,19)20/h2-9,18H,1H3,(H2,17,19,20). The molecule has 112 valence electrons. The number of rotatable bonds is 4. The lowest BCUT2D eigenvalue weighted by Crippen LogP contribution is -2.13. The molecule has 4 nitrogen and oxygen atoms in total. The number of nitrogens with two attached hydrogens (primary N) is 1. The smallest absolute Gasteiger partial charge is 0.238 e. The molecule has 7 heteroatoms. The molecular weight excluding hydrogens is 331 g/mol. The van der Waals surface area contributed by atoms with E-state index in [1.54, 1.807) is 24.3 Å². The largest absolute Gasteiger partial charge is 0.378 e. The van der Waals surface area contributed by atoms with E-state index in [1.807, 2.05) is 13.0 Å². The van der Waals surface area contributed by atoms with Crippen LogP contribution in [0.5, 0.6) is 0 Å². The molecule has 21 heavy (non-hydrogen) atoms. The van der Waals surface area contributed by atoms with Crippen molar-refractivity contribution in [1.82, 2.24) is 0 Å². The van der Waals surface area contributed by atoms with Gasteiger partial charge in [0.1, 0.15) is 0 Å². The molecule has 0 radical (unpaired) electrons. The second kappa shape index (κ2) is 6.23. The Hall–Kier alpha value is -1.27. The summed E-state index contributed by atoms with van der Waals surface area (Å²) < 4.78 is 22.7. The fourth-order valence-corrected chi connectivity index (χ4v) is 2.74. The van der Waals surface area contributed by atoms with E-state index in [0.717, 1.165) is 5.56 Å². The molecule has 2 aromatic carbocycles. The summed E-state index contributed by atoms with van der Waals surface area (Å²) in [5.41, 5.74) is 1.59. The van der Waals surface area contributed by atoms with Gasteiger partial charge in [-0.3, -0.25) is 0 Å². The van der Waals surface area contributed by atoms with Crippen molar-refractivity contribution in [2.24, 2.45) is 5.14 Å². The Kier molecular flexibility index (Phi) is 4.78. The molecular formula is C14H14Cl2N2O2S. The average molecular weight is 345 g/mol. The van der Waals surface area contributed by atoms with Gasteiger partial charge in [-0.25, -0.2) is 13.6 Å². The average Bonchev–Trinajstić information content (AvgIpc) is 2.41. The Labute approximate surface area is 133 Å². The van der Waals surface area contributed by atoms with Gasteiger partial charge in [0.05, 0.1) is 14.9 Å². The van der Waals surface area contributed by atoms with Crippen LogP contribution in [-0.2, 0) is 10.0 Å². The topological polar surface area (TPSA) is 72.2 Å². The fraction of sp³-hybridized carbons (Fsp3) is 0.143. The zero-order chi connectivity index (χ0) is 15.6. The fourth-order valence-electron chi connectivity index (χ4n) is 1.88. The summed E-state index contributed by atoms with van der Waals surface area (Å²) in [7, 11) is -3.72. The number of sulfonamides is 1. The molecule has 0 saturated carbocycles. The lowest BCUT2D eigenvalue weighted by Gasteiger charge is -2.16. The second-order valence-corrected chi connectivity index (χ2v) is 6.99. The molecule has 0 amide bonds. The van der Waals surface area contributed by atoms with Crippen LogP contribution >= 0.6 is 23.2 Å². The molecule has 0 saturated heterocycles.